The SMILES string of the molecule is O=S(=O)(NCC(F)(F)F)N1CC(O)(C2CC2)C1. The number of hydrogen-bond acceptors (Lipinski definition) is 3. The Kier molecular flexibility index (Phi) is 2.92. The molecule has 2 N–H and O–H groups in total. The molecule has 5 nitrogen and oxygen atoms in total. The molecule has 100 valence electrons. The number of rotatable bonds is 4. The summed E-state index contributed by atoms with van der Waals surface area (Å²) in [7, 11) is -4.13. The van der Waals surface area contributed by atoms with E-state index >= 15 is 0 Å². The average molecular weight is 274 g/mol. The molecule has 1 aliphatic carbocycles. The minimum absolute atomic E-state index is 0.0940. The zero-order valence-corrected chi connectivity index (χ0v) is 9.68. The Morgan fingerprint density at radius 1 is 1.35 bits per heavy atom. The van der Waals surface area contributed by atoms with Gasteiger partial charge in [0.1, 0.15) is 6.54 Å². The quantitative estimate of drug-likeness (QED) is 0.748. The normalized spacial score (nSPS) is 25.6. The highest BCUT2D eigenvalue weighted by Crippen LogP contribution is 2.45. The van der Waals surface area contributed by atoms with E-state index < -0.39 is 28.5 Å². The number of alkyl halides is 3. The highest BCUT2D eigenvalue weighted by atomic mass is 32.2. The van der Waals surface area contributed by atoms with Crippen LogP contribution in [0.2, 0.25) is 0 Å². The molecule has 2 fully saturated rings. The third-order valence-corrected chi connectivity index (χ3v) is 4.48. The third-order valence-electron chi connectivity index (χ3n) is 3.03. The maximum absolute atomic E-state index is 11.9. The Morgan fingerprint density at radius 3 is 2.29 bits per heavy atom. The molecule has 1 aliphatic heterocycles. The molecule has 0 aromatic heterocycles. The minimum atomic E-state index is -4.58. The molecule has 0 aromatic carbocycles. The van der Waals surface area contributed by atoms with Crippen LogP contribution in [0.4, 0.5) is 13.2 Å². The second kappa shape index (κ2) is 3.81. The van der Waals surface area contributed by atoms with Crippen molar-refractivity contribution in [3.05, 3.63) is 0 Å². The summed E-state index contributed by atoms with van der Waals surface area (Å²) >= 11 is 0. The highest BCUT2D eigenvalue weighted by Gasteiger charge is 2.55. The molecule has 0 radical (unpaired) electrons. The second-order valence-corrected chi connectivity index (χ2v) is 6.34. The van der Waals surface area contributed by atoms with E-state index in [4.69, 9.17) is 0 Å². The number of β-amino-alcohol motifs (C(OH)–C–C–N with tert-alkyl or cyclic N) is 1. The van der Waals surface area contributed by atoms with Crippen LogP contribution in [0.3, 0.4) is 0 Å². The van der Waals surface area contributed by atoms with Crippen LogP contribution in [-0.2, 0) is 10.2 Å². The molecule has 0 spiro atoms. The van der Waals surface area contributed by atoms with E-state index in [1.165, 1.54) is 4.72 Å². The van der Waals surface area contributed by atoms with Crippen molar-refractivity contribution in [1.29, 1.82) is 0 Å². The fourth-order valence-corrected chi connectivity index (χ4v) is 3.19. The van der Waals surface area contributed by atoms with Gasteiger partial charge in [0.2, 0.25) is 0 Å². The van der Waals surface area contributed by atoms with Gasteiger partial charge in [-0.1, -0.05) is 0 Å². The zero-order valence-electron chi connectivity index (χ0n) is 8.87. The molecule has 2 aliphatic rings. The molecule has 1 saturated carbocycles. The average Bonchev–Trinajstić information content (AvgIpc) is 2.92. The van der Waals surface area contributed by atoms with Gasteiger partial charge in [0, 0.05) is 13.1 Å². The van der Waals surface area contributed by atoms with E-state index in [1.54, 1.807) is 0 Å². The Morgan fingerprint density at radius 2 is 1.88 bits per heavy atom. The summed E-state index contributed by atoms with van der Waals surface area (Å²) in [6, 6.07) is 0. The van der Waals surface area contributed by atoms with Crippen molar-refractivity contribution in [2.24, 2.45) is 5.92 Å². The van der Waals surface area contributed by atoms with Crippen molar-refractivity contribution < 1.29 is 26.7 Å². The zero-order chi connectivity index (χ0) is 12.9. The van der Waals surface area contributed by atoms with Crippen LogP contribution >= 0.6 is 0 Å². The van der Waals surface area contributed by atoms with Crippen LogP contribution in [0.5, 0.6) is 0 Å². The molecule has 2 rings (SSSR count). The van der Waals surface area contributed by atoms with Crippen LogP contribution in [0.1, 0.15) is 12.8 Å². The minimum Gasteiger partial charge on any atom is -0.387 e. The molecule has 9 heteroatoms. The lowest BCUT2D eigenvalue weighted by Gasteiger charge is -2.45. The topological polar surface area (TPSA) is 69.6 Å². The van der Waals surface area contributed by atoms with Crippen LogP contribution in [0.25, 0.3) is 0 Å². The Bertz CT molecular complexity index is 399. The number of hydrogen-bond donors (Lipinski definition) is 2. The molecule has 0 aromatic rings. The molecule has 17 heavy (non-hydrogen) atoms. The second-order valence-electron chi connectivity index (χ2n) is 4.59. The molecular formula is C8H13F3N2O3S. The predicted molar refractivity (Wildman–Crippen MR) is 52.2 cm³/mol. The smallest absolute Gasteiger partial charge is 0.387 e. The fourth-order valence-electron chi connectivity index (χ4n) is 1.88. The van der Waals surface area contributed by atoms with Crippen LogP contribution in [-0.4, -0.2) is 49.2 Å². The van der Waals surface area contributed by atoms with Gasteiger partial charge in [0.25, 0.3) is 10.2 Å². The fraction of sp³-hybridized carbons (Fsp3) is 1.00. The first kappa shape index (κ1) is 13.1. The van der Waals surface area contributed by atoms with E-state index in [0.29, 0.717) is 0 Å². The van der Waals surface area contributed by atoms with E-state index in [9.17, 15) is 26.7 Å². The van der Waals surface area contributed by atoms with Gasteiger partial charge in [-0.2, -0.15) is 30.6 Å². The third kappa shape index (κ3) is 2.90. The molecule has 1 saturated heterocycles. The molecule has 1 heterocycles. The first-order valence-corrected chi connectivity index (χ1v) is 6.60. The Balaban J connectivity index is 1.86. The molecule has 0 unspecified atom stereocenters. The van der Waals surface area contributed by atoms with E-state index in [0.717, 1.165) is 17.1 Å². The summed E-state index contributed by atoms with van der Waals surface area (Å²) < 4.78 is 60.7. The van der Waals surface area contributed by atoms with Crippen molar-refractivity contribution in [1.82, 2.24) is 9.03 Å². The first-order valence-electron chi connectivity index (χ1n) is 5.16. The molecule has 0 atom stereocenters. The number of nitrogens with one attached hydrogen (secondary N) is 1. The van der Waals surface area contributed by atoms with Gasteiger partial charge in [0.15, 0.2) is 0 Å². The summed E-state index contributed by atoms with van der Waals surface area (Å²) in [5, 5.41) is 9.86. The summed E-state index contributed by atoms with van der Waals surface area (Å²) in [6.07, 6.45) is -2.88. The maximum atomic E-state index is 11.9. The largest absolute Gasteiger partial charge is 0.402 e. The highest BCUT2D eigenvalue weighted by molar-refractivity contribution is 7.87. The van der Waals surface area contributed by atoms with Crippen molar-refractivity contribution in [3.8, 4) is 0 Å². The van der Waals surface area contributed by atoms with E-state index in [2.05, 4.69) is 0 Å². The lowest BCUT2D eigenvalue weighted by molar-refractivity contribution is -0.122. The summed E-state index contributed by atoms with van der Waals surface area (Å²) in [5.74, 6) is 0.0940. The van der Waals surface area contributed by atoms with Crippen molar-refractivity contribution in [2.45, 2.75) is 24.6 Å². The first-order chi connectivity index (χ1) is 7.62. The van der Waals surface area contributed by atoms with Crippen LogP contribution in [0, 0.1) is 5.92 Å². The van der Waals surface area contributed by atoms with Gasteiger partial charge < -0.3 is 5.11 Å². The van der Waals surface area contributed by atoms with Gasteiger partial charge in [-0.3, -0.25) is 0 Å². The molecule has 0 bridgehead atoms. The van der Waals surface area contributed by atoms with Crippen molar-refractivity contribution >= 4 is 10.2 Å². The number of aliphatic hydroxyl groups is 1. The summed E-state index contributed by atoms with van der Waals surface area (Å²) in [5.41, 5.74) is -1.03. The van der Waals surface area contributed by atoms with Crippen LogP contribution < -0.4 is 4.72 Å². The summed E-state index contributed by atoms with van der Waals surface area (Å²) in [4.78, 5) is 0. The monoisotopic (exact) mass is 274 g/mol. The van der Waals surface area contributed by atoms with Crippen molar-refractivity contribution in [3.63, 3.8) is 0 Å². The van der Waals surface area contributed by atoms with Crippen LogP contribution in [0.15, 0.2) is 0 Å². The van der Waals surface area contributed by atoms with Gasteiger partial charge in [-0.25, -0.2) is 0 Å². The Labute approximate surface area is 96.8 Å². The lowest BCUT2D eigenvalue weighted by Crippen LogP contribution is -2.66. The predicted octanol–water partition coefficient (Wildman–Crippen LogP) is -0.160. The number of halogens is 3. The van der Waals surface area contributed by atoms with Gasteiger partial charge in [-0.05, 0) is 18.8 Å². The van der Waals surface area contributed by atoms with E-state index in [-0.39, 0.29) is 19.0 Å². The van der Waals surface area contributed by atoms with E-state index in [1.807, 2.05) is 0 Å². The van der Waals surface area contributed by atoms with Gasteiger partial charge in [-0.15, -0.1) is 0 Å². The Hall–Kier alpha value is -0.380. The summed E-state index contributed by atoms with van der Waals surface area (Å²) in [6.45, 7) is -1.83. The molecular weight excluding hydrogens is 261 g/mol. The lowest BCUT2D eigenvalue weighted by atomic mass is 9.91. The van der Waals surface area contributed by atoms with Gasteiger partial charge in [0.05, 0.1) is 5.60 Å². The van der Waals surface area contributed by atoms with Crippen molar-refractivity contribution in [2.75, 3.05) is 19.6 Å². The standard InChI is InChI=1S/C8H13F3N2O3S/c9-8(10,11)3-12-17(15,16)13-4-7(14,5-13)6-1-2-6/h6,12,14H,1-5H2. The number of nitrogens with zero attached hydrogens (tertiary/aromatic N) is 1. The van der Waals surface area contributed by atoms with Gasteiger partial charge >= 0.3 is 6.18 Å². The molecule has 0 amide bonds. The maximum Gasteiger partial charge on any atom is 0.402 e.